The number of benzene rings is 1. The predicted molar refractivity (Wildman–Crippen MR) is 119 cm³/mol. The molecule has 172 valence electrons. The maximum Gasteiger partial charge on any atom is 0.406 e. The van der Waals surface area contributed by atoms with Gasteiger partial charge in [0.25, 0.3) is 0 Å². The van der Waals surface area contributed by atoms with Crippen LogP contribution in [-0.2, 0) is 11.3 Å². The topological polar surface area (TPSA) is 87.7 Å². The van der Waals surface area contributed by atoms with Crippen molar-refractivity contribution in [2.45, 2.75) is 38.1 Å². The summed E-state index contributed by atoms with van der Waals surface area (Å²) in [6.07, 6.45) is -1.47. The predicted octanol–water partition coefficient (Wildman–Crippen LogP) is 4.56. The molecule has 0 aliphatic heterocycles. The number of amides is 1. The second-order valence-electron chi connectivity index (χ2n) is 7.25. The smallest absolute Gasteiger partial charge is 0.311 e. The second kappa shape index (κ2) is 10.5. The Hall–Kier alpha value is -3.39. The third-order valence-corrected chi connectivity index (χ3v) is 5.82. The Morgan fingerprint density at radius 2 is 1.88 bits per heavy atom. The van der Waals surface area contributed by atoms with Crippen LogP contribution < -0.4 is 4.90 Å². The SMILES string of the molecule is Cc1ccc(N(CCC#N)C(=O)CSc2nnc(-c3ccncc3)n2CC(F)(F)F)cc1C. The maximum atomic E-state index is 13.2. The molecule has 3 rings (SSSR count). The van der Waals surface area contributed by atoms with Gasteiger partial charge in [-0.3, -0.25) is 14.3 Å². The molecule has 11 heteroatoms. The fourth-order valence-corrected chi connectivity index (χ4v) is 3.90. The largest absolute Gasteiger partial charge is 0.406 e. The Kier molecular flexibility index (Phi) is 7.71. The van der Waals surface area contributed by atoms with Gasteiger partial charge in [0.15, 0.2) is 11.0 Å². The Morgan fingerprint density at radius 1 is 1.15 bits per heavy atom. The molecule has 0 bridgehead atoms. The van der Waals surface area contributed by atoms with Crippen LogP contribution in [0.25, 0.3) is 11.4 Å². The highest BCUT2D eigenvalue weighted by atomic mass is 32.2. The number of rotatable bonds is 8. The van der Waals surface area contributed by atoms with Gasteiger partial charge in [-0.25, -0.2) is 0 Å². The molecule has 1 amide bonds. The monoisotopic (exact) mass is 474 g/mol. The average molecular weight is 475 g/mol. The summed E-state index contributed by atoms with van der Waals surface area (Å²) in [5.41, 5.74) is 3.12. The fourth-order valence-electron chi connectivity index (χ4n) is 3.09. The minimum Gasteiger partial charge on any atom is -0.311 e. The van der Waals surface area contributed by atoms with Crippen LogP contribution in [0.4, 0.5) is 18.9 Å². The van der Waals surface area contributed by atoms with E-state index in [2.05, 4.69) is 15.2 Å². The summed E-state index contributed by atoms with van der Waals surface area (Å²) in [7, 11) is 0. The number of alkyl halides is 3. The van der Waals surface area contributed by atoms with Crippen molar-refractivity contribution in [1.82, 2.24) is 19.7 Å². The van der Waals surface area contributed by atoms with E-state index in [4.69, 9.17) is 5.26 Å². The number of hydrogen-bond acceptors (Lipinski definition) is 6. The van der Waals surface area contributed by atoms with Crippen molar-refractivity contribution >= 4 is 23.4 Å². The summed E-state index contributed by atoms with van der Waals surface area (Å²) in [5.74, 6) is -0.462. The van der Waals surface area contributed by atoms with Gasteiger partial charge < -0.3 is 4.90 Å². The first kappa shape index (κ1) is 24.3. The lowest BCUT2D eigenvalue weighted by Gasteiger charge is -2.22. The van der Waals surface area contributed by atoms with Crippen LogP contribution >= 0.6 is 11.8 Å². The standard InChI is InChI=1S/C22H21F3N6OS/c1-15-4-5-18(12-16(15)2)30(11-3-8-26)19(32)13-33-21-29-28-20(17-6-9-27-10-7-17)31(21)14-22(23,24)25/h4-7,9-10,12H,3,11,13-14H2,1-2H3. The molecule has 0 saturated carbocycles. The molecule has 33 heavy (non-hydrogen) atoms. The van der Waals surface area contributed by atoms with E-state index in [1.54, 1.807) is 18.2 Å². The van der Waals surface area contributed by atoms with Gasteiger partial charge in [-0.15, -0.1) is 10.2 Å². The number of halogens is 3. The normalized spacial score (nSPS) is 11.3. The van der Waals surface area contributed by atoms with E-state index in [1.165, 1.54) is 17.3 Å². The zero-order valence-electron chi connectivity index (χ0n) is 18.0. The highest BCUT2D eigenvalue weighted by molar-refractivity contribution is 7.99. The first-order valence-corrected chi connectivity index (χ1v) is 11.0. The number of aryl methyl sites for hydroxylation is 2. The molecule has 0 aliphatic rings. The molecule has 0 aliphatic carbocycles. The van der Waals surface area contributed by atoms with E-state index >= 15 is 0 Å². The molecule has 0 radical (unpaired) electrons. The summed E-state index contributed by atoms with van der Waals surface area (Å²) in [6, 6.07) is 10.6. The molecule has 3 aromatic rings. The van der Waals surface area contributed by atoms with Crippen molar-refractivity contribution in [3.63, 3.8) is 0 Å². The quantitative estimate of drug-likeness (QED) is 0.445. The van der Waals surface area contributed by atoms with Crippen LogP contribution in [0.15, 0.2) is 47.9 Å². The first-order valence-electron chi connectivity index (χ1n) is 9.97. The summed E-state index contributed by atoms with van der Waals surface area (Å²) < 4.78 is 40.7. The van der Waals surface area contributed by atoms with E-state index in [0.717, 1.165) is 27.5 Å². The molecule has 0 atom stereocenters. The highest BCUT2D eigenvalue weighted by Gasteiger charge is 2.32. The molecule has 2 heterocycles. The van der Waals surface area contributed by atoms with Crippen LogP contribution in [0.1, 0.15) is 17.5 Å². The van der Waals surface area contributed by atoms with Crippen molar-refractivity contribution in [1.29, 1.82) is 5.26 Å². The minimum absolute atomic E-state index is 0.0205. The zero-order chi connectivity index (χ0) is 24.0. The van der Waals surface area contributed by atoms with E-state index < -0.39 is 12.7 Å². The van der Waals surface area contributed by atoms with Gasteiger partial charge in [0.05, 0.1) is 18.2 Å². The number of nitriles is 1. The molecule has 0 spiro atoms. The number of nitrogens with zero attached hydrogens (tertiary/aromatic N) is 6. The van der Waals surface area contributed by atoms with Crippen LogP contribution in [0.3, 0.4) is 0 Å². The first-order chi connectivity index (χ1) is 15.7. The van der Waals surface area contributed by atoms with Gasteiger partial charge in [-0.2, -0.15) is 18.4 Å². The number of aromatic nitrogens is 4. The number of carbonyl (C=O) groups is 1. The summed E-state index contributed by atoms with van der Waals surface area (Å²) in [4.78, 5) is 18.3. The fraction of sp³-hybridized carbons (Fsp3) is 0.318. The van der Waals surface area contributed by atoms with Crippen LogP contribution in [-0.4, -0.2) is 44.1 Å². The molecule has 7 nitrogen and oxygen atoms in total. The zero-order valence-corrected chi connectivity index (χ0v) is 18.8. The summed E-state index contributed by atoms with van der Waals surface area (Å²) in [6.45, 7) is 2.75. The van der Waals surface area contributed by atoms with E-state index in [0.29, 0.717) is 11.3 Å². The Balaban J connectivity index is 1.84. The van der Waals surface area contributed by atoms with E-state index in [1.807, 2.05) is 32.0 Å². The van der Waals surface area contributed by atoms with Crippen molar-refractivity contribution in [3.05, 3.63) is 53.9 Å². The van der Waals surface area contributed by atoms with Crippen LogP contribution in [0.5, 0.6) is 0 Å². The third kappa shape index (κ3) is 6.32. The maximum absolute atomic E-state index is 13.2. The van der Waals surface area contributed by atoms with Gasteiger partial charge in [0, 0.05) is 30.2 Å². The third-order valence-electron chi connectivity index (χ3n) is 4.87. The average Bonchev–Trinajstić information content (AvgIpc) is 3.16. The second-order valence-corrected chi connectivity index (χ2v) is 8.20. The minimum atomic E-state index is -4.50. The Bertz CT molecular complexity index is 1160. The number of hydrogen-bond donors (Lipinski definition) is 0. The van der Waals surface area contributed by atoms with Crippen LogP contribution in [0.2, 0.25) is 0 Å². The van der Waals surface area contributed by atoms with Gasteiger partial charge in [0.1, 0.15) is 6.54 Å². The van der Waals surface area contributed by atoms with E-state index in [-0.39, 0.29) is 35.6 Å². The van der Waals surface area contributed by atoms with Crippen LogP contribution in [0, 0.1) is 25.2 Å². The molecule has 1 aromatic carbocycles. The van der Waals surface area contributed by atoms with Crippen molar-refractivity contribution < 1.29 is 18.0 Å². The van der Waals surface area contributed by atoms with Gasteiger partial charge in [-0.1, -0.05) is 17.8 Å². The summed E-state index contributed by atoms with van der Waals surface area (Å²) in [5, 5.41) is 16.8. The molecular formula is C22H21F3N6OS. The molecule has 2 aromatic heterocycles. The molecule has 0 unspecified atom stereocenters. The molecule has 0 fully saturated rings. The highest BCUT2D eigenvalue weighted by Crippen LogP contribution is 2.29. The van der Waals surface area contributed by atoms with E-state index in [9.17, 15) is 18.0 Å². The van der Waals surface area contributed by atoms with Crippen molar-refractivity contribution in [3.8, 4) is 17.5 Å². The number of pyridine rings is 1. The van der Waals surface area contributed by atoms with Gasteiger partial charge >= 0.3 is 6.18 Å². The lowest BCUT2D eigenvalue weighted by Crippen LogP contribution is -2.33. The Morgan fingerprint density at radius 3 is 2.52 bits per heavy atom. The molecule has 0 saturated heterocycles. The molecular weight excluding hydrogens is 453 g/mol. The lowest BCUT2D eigenvalue weighted by molar-refractivity contribution is -0.141. The number of carbonyl (C=O) groups excluding carboxylic acids is 1. The Labute approximate surface area is 193 Å². The number of anilines is 1. The number of thioether (sulfide) groups is 1. The van der Waals surface area contributed by atoms with Crippen molar-refractivity contribution in [2.24, 2.45) is 0 Å². The van der Waals surface area contributed by atoms with Gasteiger partial charge in [0.2, 0.25) is 5.91 Å². The summed E-state index contributed by atoms with van der Waals surface area (Å²) >= 11 is 0.875. The molecule has 0 N–H and O–H groups in total. The van der Waals surface area contributed by atoms with Crippen molar-refractivity contribution in [2.75, 3.05) is 17.2 Å². The lowest BCUT2D eigenvalue weighted by atomic mass is 10.1. The van der Waals surface area contributed by atoms with Gasteiger partial charge in [-0.05, 0) is 49.2 Å².